The van der Waals surface area contributed by atoms with Crippen LogP contribution in [0.5, 0.6) is 0 Å². The van der Waals surface area contributed by atoms with Gasteiger partial charge < -0.3 is 4.98 Å². The Bertz CT molecular complexity index is 607. The molecule has 0 aliphatic heterocycles. The van der Waals surface area contributed by atoms with Crippen LogP contribution in [0.1, 0.15) is 5.82 Å². The van der Waals surface area contributed by atoms with E-state index >= 15 is 0 Å². The molecule has 0 saturated heterocycles. The molecule has 0 amide bonds. The summed E-state index contributed by atoms with van der Waals surface area (Å²) >= 11 is 12.5. The molecule has 2 heterocycles. The molecule has 2 aromatic heterocycles. The standard InChI is InChI=1S/C8H7Cl2N3O2S2/c9-6-3-5(8(10)16-6)17(14,15)13-4-7-11-1-2-12-7/h1-3,13H,4H2,(H,11,12). The van der Waals surface area contributed by atoms with Crippen LogP contribution >= 0.6 is 34.5 Å². The van der Waals surface area contributed by atoms with Crippen molar-refractivity contribution >= 4 is 44.6 Å². The van der Waals surface area contributed by atoms with Crippen LogP contribution in [0.4, 0.5) is 0 Å². The van der Waals surface area contributed by atoms with E-state index in [2.05, 4.69) is 14.7 Å². The lowest BCUT2D eigenvalue weighted by molar-refractivity contribution is 0.580. The van der Waals surface area contributed by atoms with Crippen LogP contribution in [0.25, 0.3) is 0 Å². The lowest BCUT2D eigenvalue weighted by atomic mass is 10.6. The predicted octanol–water partition coefficient (Wildman–Crippen LogP) is 2.26. The summed E-state index contributed by atoms with van der Waals surface area (Å²) in [6.45, 7) is 0.0686. The van der Waals surface area contributed by atoms with E-state index < -0.39 is 10.0 Å². The first-order chi connectivity index (χ1) is 7.99. The van der Waals surface area contributed by atoms with Crippen molar-refractivity contribution in [3.8, 4) is 0 Å². The van der Waals surface area contributed by atoms with Crippen LogP contribution in [0.3, 0.4) is 0 Å². The Morgan fingerprint density at radius 2 is 2.24 bits per heavy atom. The molecule has 2 rings (SSSR count). The molecule has 2 N–H and O–H groups in total. The summed E-state index contributed by atoms with van der Waals surface area (Å²) in [6.07, 6.45) is 3.15. The van der Waals surface area contributed by atoms with Gasteiger partial charge in [-0.3, -0.25) is 0 Å². The molecule has 0 atom stereocenters. The highest BCUT2D eigenvalue weighted by Crippen LogP contribution is 2.34. The Balaban J connectivity index is 2.17. The lowest BCUT2D eigenvalue weighted by Crippen LogP contribution is -2.23. The summed E-state index contributed by atoms with van der Waals surface area (Å²) in [5.74, 6) is 0.519. The first-order valence-corrected chi connectivity index (χ1v) is 7.47. The minimum absolute atomic E-state index is 0.0132. The number of rotatable bonds is 4. The van der Waals surface area contributed by atoms with Gasteiger partial charge in [-0.2, -0.15) is 0 Å². The number of aromatic amines is 1. The van der Waals surface area contributed by atoms with Gasteiger partial charge in [0.05, 0.1) is 10.9 Å². The average molecular weight is 312 g/mol. The Morgan fingerprint density at radius 3 is 2.76 bits per heavy atom. The van der Waals surface area contributed by atoms with Gasteiger partial charge in [-0.1, -0.05) is 23.2 Å². The molecule has 9 heteroatoms. The minimum atomic E-state index is -3.66. The highest BCUT2D eigenvalue weighted by molar-refractivity contribution is 7.89. The number of nitrogens with zero attached hydrogens (tertiary/aromatic N) is 1. The number of sulfonamides is 1. The van der Waals surface area contributed by atoms with Crippen LogP contribution in [-0.4, -0.2) is 18.4 Å². The SMILES string of the molecule is O=S(=O)(NCc1ncc[nH]1)c1cc(Cl)sc1Cl. The maximum Gasteiger partial charge on any atom is 0.243 e. The summed E-state index contributed by atoms with van der Waals surface area (Å²) in [4.78, 5) is 6.67. The van der Waals surface area contributed by atoms with E-state index in [0.29, 0.717) is 10.2 Å². The molecule has 0 bridgehead atoms. The van der Waals surface area contributed by atoms with Crippen LogP contribution in [0.15, 0.2) is 23.4 Å². The third kappa shape index (κ3) is 2.99. The number of hydrogen-bond donors (Lipinski definition) is 2. The zero-order valence-electron chi connectivity index (χ0n) is 8.28. The molecular weight excluding hydrogens is 305 g/mol. The number of thiophene rings is 1. The van der Waals surface area contributed by atoms with Gasteiger partial charge in [0.2, 0.25) is 10.0 Å². The van der Waals surface area contributed by atoms with Gasteiger partial charge in [-0.25, -0.2) is 18.1 Å². The van der Waals surface area contributed by atoms with Gasteiger partial charge >= 0.3 is 0 Å². The summed E-state index contributed by atoms with van der Waals surface area (Å²) in [5, 5.41) is 0. The first-order valence-electron chi connectivity index (χ1n) is 4.42. The summed E-state index contributed by atoms with van der Waals surface area (Å²) in [7, 11) is -3.66. The van der Waals surface area contributed by atoms with E-state index in [4.69, 9.17) is 23.2 Å². The van der Waals surface area contributed by atoms with Crippen molar-refractivity contribution in [1.29, 1.82) is 0 Å². The van der Waals surface area contributed by atoms with Gasteiger partial charge in [0.1, 0.15) is 15.1 Å². The van der Waals surface area contributed by atoms with Crippen molar-refractivity contribution in [2.75, 3.05) is 0 Å². The second-order valence-corrected chi connectivity index (χ2v) is 7.07. The van der Waals surface area contributed by atoms with Crippen molar-refractivity contribution in [1.82, 2.24) is 14.7 Å². The van der Waals surface area contributed by atoms with Crippen molar-refractivity contribution in [2.24, 2.45) is 0 Å². The maximum absolute atomic E-state index is 11.9. The normalized spacial score (nSPS) is 11.9. The lowest BCUT2D eigenvalue weighted by Gasteiger charge is -2.03. The molecule has 17 heavy (non-hydrogen) atoms. The van der Waals surface area contributed by atoms with Crippen molar-refractivity contribution in [2.45, 2.75) is 11.4 Å². The molecule has 92 valence electrons. The van der Waals surface area contributed by atoms with E-state index in [1.807, 2.05) is 0 Å². The monoisotopic (exact) mass is 311 g/mol. The molecular formula is C8H7Cl2N3O2S2. The molecule has 0 aliphatic carbocycles. The molecule has 0 aliphatic rings. The predicted molar refractivity (Wildman–Crippen MR) is 67.0 cm³/mol. The van der Waals surface area contributed by atoms with E-state index in [0.717, 1.165) is 11.3 Å². The second kappa shape index (κ2) is 4.95. The van der Waals surface area contributed by atoms with E-state index in [-0.39, 0.29) is 15.8 Å². The zero-order valence-corrected chi connectivity index (χ0v) is 11.4. The molecule has 0 fully saturated rings. The Hall–Kier alpha value is -0.600. The Labute approximate surface area is 112 Å². The fraction of sp³-hybridized carbons (Fsp3) is 0.125. The van der Waals surface area contributed by atoms with Crippen molar-refractivity contribution < 1.29 is 8.42 Å². The smallest absolute Gasteiger partial charge is 0.243 e. The summed E-state index contributed by atoms with van der Waals surface area (Å²) in [6, 6.07) is 1.32. The van der Waals surface area contributed by atoms with Crippen LogP contribution < -0.4 is 4.72 Å². The van der Waals surface area contributed by atoms with Gasteiger partial charge in [0.25, 0.3) is 0 Å². The number of H-pyrrole nitrogens is 1. The number of hydrogen-bond acceptors (Lipinski definition) is 4. The molecule has 0 saturated carbocycles. The average Bonchev–Trinajstić information content (AvgIpc) is 2.85. The summed E-state index contributed by atoms with van der Waals surface area (Å²) in [5.41, 5.74) is 0. The molecule has 0 aromatic carbocycles. The van der Waals surface area contributed by atoms with Crippen molar-refractivity contribution in [3.05, 3.63) is 33.0 Å². The fourth-order valence-electron chi connectivity index (χ4n) is 1.14. The Kier molecular flexibility index (Phi) is 3.74. The second-order valence-electron chi connectivity index (χ2n) is 3.05. The topological polar surface area (TPSA) is 74.8 Å². The van der Waals surface area contributed by atoms with Crippen molar-refractivity contribution in [3.63, 3.8) is 0 Å². The molecule has 0 spiro atoms. The van der Waals surface area contributed by atoms with Crippen LogP contribution in [-0.2, 0) is 16.6 Å². The number of nitrogens with one attached hydrogen (secondary N) is 2. The van der Waals surface area contributed by atoms with Crippen LogP contribution in [0.2, 0.25) is 8.67 Å². The fourth-order valence-corrected chi connectivity index (χ4v) is 4.28. The highest BCUT2D eigenvalue weighted by Gasteiger charge is 2.20. The first kappa shape index (κ1) is 12.8. The number of halogens is 2. The quantitative estimate of drug-likeness (QED) is 0.909. The summed E-state index contributed by atoms with van der Waals surface area (Å²) < 4.78 is 26.6. The van der Waals surface area contributed by atoms with Gasteiger partial charge in [0, 0.05) is 12.4 Å². The zero-order chi connectivity index (χ0) is 12.5. The van der Waals surface area contributed by atoms with Crippen LogP contribution in [0, 0.1) is 0 Å². The minimum Gasteiger partial charge on any atom is -0.347 e. The van der Waals surface area contributed by atoms with E-state index in [1.54, 1.807) is 6.20 Å². The highest BCUT2D eigenvalue weighted by atomic mass is 35.5. The number of aromatic nitrogens is 2. The van der Waals surface area contributed by atoms with E-state index in [1.165, 1.54) is 12.3 Å². The maximum atomic E-state index is 11.9. The van der Waals surface area contributed by atoms with E-state index in [9.17, 15) is 8.42 Å². The third-order valence-electron chi connectivity index (χ3n) is 1.90. The molecule has 5 nitrogen and oxygen atoms in total. The number of imidazole rings is 1. The largest absolute Gasteiger partial charge is 0.347 e. The van der Waals surface area contributed by atoms with Gasteiger partial charge in [-0.05, 0) is 6.07 Å². The van der Waals surface area contributed by atoms with Gasteiger partial charge in [-0.15, -0.1) is 11.3 Å². The molecule has 0 unspecified atom stereocenters. The Morgan fingerprint density at radius 1 is 1.47 bits per heavy atom. The molecule has 0 radical (unpaired) electrons. The third-order valence-corrected chi connectivity index (χ3v) is 5.05. The van der Waals surface area contributed by atoms with Gasteiger partial charge in [0.15, 0.2) is 0 Å². The molecule has 2 aromatic rings.